The molecule has 0 spiro atoms. The van der Waals surface area contributed by atoms with E-state index in [0.29, 0.717) is 11.1 Å². The molecular formula is C16H10O2S4. The topological polar surface area (TPSA) is 34.1 Å². The first-order valence-corrected chi connectivity index (χ1v) is 9.18. The SMILES string of the molecule is O=C(SSC(=O)C(=S)c1ccccc1)C(=S)c1ccccc1. The second-order valence-corrected chi connectivity index (χ2v) is 7.02. The first-order valence-electron chi connectivity index (χ1n) is 6.21. The van der Waals surface area contributed by atoms with Crippen LogP contribution in [0.1, 0.15) is 11.1 Å². The average molecular weight is 363 g/mol. The van der Waals surface area contributed by atoms with Crippen molar-refractivity contribution >= 4 is 66.0 Å². The Kier molecular flexibility index (Phi) is 6.45. The van der Waals surface area contributed by atoms with Gasteiger partial charge in [0.15, 0.2) is 0 Å². The molecule has 2 nitrogen and oxygen atoms in total. The fourth-order valence-corrected chi connectivity index (χ4v) is 3.90. The minimum atomic E-state index is -0.324. The monoisotopic (exact) mass is 362 g/mol. The van der Waals surface area contributed by atoms with Crippen LogP contribution >= 0.6 is 46.0 Å². The number of carbonyl (C=O) groups excluding carboxylic acids is 2. The molecule has 0 fully saturated rings. The summed E-state index contributed by atoms with van der Waals surface area (Å²) in [6.45, 7) is 0. The van der Waals surface area contributed by atoms with Gasteiger partial charge in [-0.05, 0) is 32.7 Å². The Morgan fingerprint density at radius 1 is 0.636 bits per heavy atom. The van der Waals surface area contributed by atoms with Crippen LogP contribution in [0.2, 0.25) is 0 Å². The van der Waals surface area contributed by atoms with Crippen molar-refractivity contribution in [2.75, 3.05) is 0 Å². The Morgan fingerprint density at radius 3 is 1.27 bits per heavy atom. The summed E-state index contributed by atoms with van der Waals surface area (Å²) in [6.07, 6.45) is 0. The van der Waals surface area contributed by atoms with E-state index in [-0.39, 0.29) is 20.0 Å². The number of carbonyl (C=O) groups is 2. The van der Waals surface area contributed by atoms with Crippen LogP contribution in [0.4, 0.5) is 0 Å². The van der Waals surface area contributed by atoms with Gasteiger partial charge in [-0.3, -0.25) is 9.59 Å². The van der Waals surface area contributed by atoms with E-state index in [0.717, 1.165) is 21.6 Å². The van der Waals surface area contributed by atoms with Gasteiger partial charge in [0.05, 0.1) is 9.73 Å². The van der Waals surface area contributed by atoms with Crippen LogP contribution in [-0.4, -0.2) is 20.0 Å². The van der Waals surface area contributed by atoms with Gasteiger partial charge in [0.1, 0.15) is 0 Å². The van der Waals surface area contributed by atoms with Crippen molar-refractivity contribution in [3.05, 3.63) is 71.8 Å². The van der Waals surface area contributed by atoms with Crippen LogP contribution in [0.15, 0.2) is 60.7 Å². The lowest BCUT2D eigenvalue weighted by molar-refractivity contribution is -0.106. The number of hydrogen-bond donors (Lipinski definition) is 0. The lowest BCUT2D eigenvalue weighted by atomic mass is 10.2. The van der Waals surface area contributed by atoms with E-state index in [1.807, 2.05) is 36.4 Å². The zero-order valence-electron chi connectivity index (χ0n) is 11.2. The second kappa shape index (κ2) is 8.33. The fourth-order valence-electron chi connectivity index (χ4n) is 1.57. The number of rotatable bonds is 4. The van der Waals surface area contributed by atoms with Crippen LogP contribution in [0.5, 0.6) is 0 Å². The van der Waals surface area contributed by atoms with E-state index >= 15 is 0 Å². The third kappa shape index (κ3) is 4.58. The summed E-state index contributed by atoms with van der Waals surface area (Å²) in [5.74, 6) is 0. The molecule has 0 atom stereocenters. The molecule has 0 bridgehead atoms. The Hall–Kier alpha value is -1.34. The Bertz CT molecular complexity index is 648. The highest BCUT2D eigenvalue weighted by atomic mass is 33.1. The van der Waals surface area contributed by atoms with E-state index in [1.54, 1.807) is 24.3 Å². The van der Waals surface area contributed by atoms with Crippen molar-refractivity contribution in [2.24, 2.45) is 0 Å². The summed E-state index contributed by atoms with van der Waals surface area (Å²) < 4.78 is 0. The molecule has 0 aliphatic heterocycles. The Morgan fingerprint density at radius 2 is 0.955 bits per heavy atom. The molecule has 0 aliphatic carbocycles. The molecule has 0 saturated carbocycles. The van der Waals surface area contributed by atoms with Gasteiger partial charge in [-0.15, -0.1) is 0 Å². The van der Waals surface area contributed by atoms with Gasteiger partial charge in [-0.25, -0.2) is 0 Å². The number of thiocarbonyl (C=S) groups is 2. The molecule has 22 heavy (non-hydrogen) atoms. The van der Waals surface area contributed by atoms with Crippen molar-refractivity contribution in [3.8, 4) is 0 Å². The molecule has 0 aliphatic rings. The predicted octanol–water partition coefficient (Wildman–Crippen LogP) is 4.26. The molecule has 0 heterocycles. The van der Waals surface area contributed by atoms with Gasteiger partial charge in [0.2, 0.25) is 10.2 Å². The quantitative estimate of drug-likeness (QED) is 0.459. The van der Waals surface area contributed by atoms with Crippen molar-refractivity contribution in [1.82, 2.24) is 0 Å². The van der Waals surface area contributed by atoms with Gasteiger partial charge in [-0.2, -0.15) is 0 Å². The maximum absolute atomic E-state index is 12.0. The van der Waals surface area contributed by atoms with Crippen molar-refractivity contribution < 1.29 is 9.59 Å². The first-order chi connectivity index (χ1) is 10.6. The Labute approximate surface area is 147 Å². The molecule has 0 aromatic heterocycles. The molecule has 6 heteroatoms. The van der Waals surface area contributed by atoms with Crippen LogP contribution in [0.3, 0.4) is 0 Å². The molecular weight excluding hydrogens is 352 g/mol. The van der Waals surface area contributed by atoms with Crippen LogP contribution < -0.4 is 0 Å². The standard InChI is InChI=1S/C16H10O2S4/c17-15(13(19)11-7-3-1-4-8-11)21-22-16(18)14(20)12-9-5-2-6-10-12/h1-10H. The molecule has 2 aromatic rings. The zero-order chi connectivity index (χ0) is 15.9. The molecule has 0 unspecified atom stereocenters. The smallest absolute Gasteiger partial charge is 0.241 e. The van der Waals surface area contributed by atoms with Gasteiger partial charge in [0, 0.05) is 0 Å². The van der Waals surface area contributed by atoms with Crippen LogP contribution in [0.25, 0.3) is 0 Å². The number of hydrogen-bond acceptors (Lipinski definition) is 6. The maximum atomic E-state index is 12.0. The van der Waals surface area contributed by atoms with E-state index < -0.39 is 0 Å². The second-order valence-electron chi connectivity index (χ2n) is 4.13. The largest absolute Gasteiger partial charge is 0.280 e. The van der Waals surface area contributed by atoms with Crippen molar-refractivity contribution in [1.29, 1.82) is 0 Å². The minimum Gasteiger partial charge on any atom is -0.280 e. The summed E-state index contributed by atoms with van der Waals surface area (Å²) in [7, 11) is 1.62. The van der Waals surface area contributed by atoms with Gasteiger partial charge >= 0.3 is 0 Å². The van der Waals surface area contributed by atoms with Gasteiger partial charge < -0.3 is 0 Å². The summed E-state index contributed by atoms with van der Waals surface area (Å²) >= 11 is 10.3. The van der Waals surface area contributed by atoms with Gasteiger partial charge in [-0.1, -0.05) is 85.1 Å². The molecule has 0 radical (unpaired) electrons. The first kappa shape index (κ1) is 17.0. The molecule has 0 N–H and O–H groups in total. The summed E-state index contributed by atoms with van der Waals surface area (Å²) in [6, 6.07) is 18.0. The normalized spacial score (nSPS) is 10.0. The third-order valence-corrected chi connectivity index (χ3v) is 5.69. The van der Waals surface area contributed by atoms with E-state index in [4.69, 9.17) is 24.4 Å². The predicted molar refractivity (Wildman–Crippen MR) is 101 cm³/mol. The zero-order valence-corrected chi connectivity index (χ0v) is 14.5. The average Bonchev–Trinajstić information content (AvgIpc) is 2.59. The molecule has 2 aromatic carbocycles. The van der Waals surface area contributed by atoms with E-state index in [1.165, 1.54) is 0 Å². The fraction of sp³-hybridized carbons (Fsp3) is 0. The summed E-state index contributed by atoms with van der Waals surface area (Å²) in [4.78, 5) is 24.4. The highest BCUT2D eigenvalue weighted by Crippen LogP contribution is 2.27. The summed E-state index contributed by atoms with van der Waals surface area (Å²) in [5, 5.41) is -0.647. The van der Waals surface area contributed by atoms with Crippen LogP contribution in [-0.2, 0) is 9.59 Å². The van der Waals surface area contributed by atoms with E-state index in [9.17, 15) is 9.59 Å². The molecule has 2 rings (SSSR count). The lowest BCUT2D eigenvalue weighted by Gasteiger charge is -2.03. The Balaban J connectivity index is 1.92. The van der Waals surface area contributed by atoms with Gasteiger partial charge in [0.25, 0.3) is 0 Å². The third-order valence-electron chi connectivity index (χ3n) is 2.64. The maximum Gasteiger partial charge on any atom is 0.241 e. The van der Waals surface area contributed by atoms with Crippen molar-refractivity contribution in [2.45, 2.75) is 0 Å². The summed E-state index contributed by atoms with van der Waals surface area (Å²) in [5.41, 5.74) is 1.35. The highest BCUT2D eigenvalue weighted by molar-refractivity contribution is 8.88. The highest BCUT2D eigenvalue weighted by Gasteiger charge is 2.18. The minimum absolute atomic E-state index is 0.205. The van der Waals surface area contributed by atoms with Crippen molar-refractivity contribution in [3.63, 3.8) is 0 Å². The van der Waals surface area contributed by atoms with E-state index in [2.05, 4.69) is 0 Å². The lowest BCUT2D eigenvalue weighted by Crippen LogP contribution is -2.11. The van der Waals surface area contributed by atoms with Crippen LogP contribution in [0, 0.1) is 0 Å². The molecule has 0 saturated heterocycles. The molecule has 0 amide bonds. The number of benzene rings is 2. The molecule has 110 valence electrons.